The van der Waals surface area contributed by atoms with Crippen LogP contribution in [0.1, 0.15) is 11.7 Å². The Hall–Kier alpha value is -1.35. The number of halogens is 2. The zero-order valence-corrected chi connectivity index (χ0v) is 8.92. The third-order valence-electron chi connectivity index (χ3n) is 1.92. The molecular formula is C11H10ClFO2. The number of carbonyl (C=O) groups excluding carboxylic acids is 1. The number of methoxy groups -OCH3 is 1. The lowest BCUT2D eigenvalue weighted by Crippen LogP contribution is -2.09. The number of alkyl halides is 1. The highest BCUT2D eigenvalue weighted by atomic mass is 35.5. The maximum Gasteiger partial charge on any atom is 0.336 e. The lowest BCUT2D eigenvalue weighted by molar-refractivity contribution is -0.136. The first-order valence-corrected chi connectivity index (χ1v) is 4.60. The van der Waals surface area contributed by atoms with E-state index in [0.29, 0.717) is 10.6 Å². The Morgan fingerprint density at radius 3 is 2.47 bits per heavy atom. The minimum absolute atomic E-state index is 0.222. The van der Waals surface area contributed by atoms with Crippen molar-refractivity contribution in [3.05, 3.63) is 47.0 Å². The van der Waals surface area contributed by atoms with Crippen molar-refractivity contribution in [2.75, 3.05) is 7.11 Å². The zero-order chi connectivity index (χ0) is 11.4. The van der Waals surface area contributed by atoms with Crippen LogP contribution in [-0.2, 0) is 9.53 Å². The number of ether oxygens (including phenoxy) is 1. The van der Waals surface area contributed by atoms with Crippen molar-refractivity contribution in [3.8, 4) is 0 Å². The van der Waals surface area contributed by atoms with Gasteiger partial charge < -0.3 is 4.74 Å². The van der Waals surface area contributed by atoms with E-state index in [0.717, 1.165) is 0 Å². The van der Waals surface area contributed by atoms with Crippen LogP contribution < -0.4 is 0 Å². The molecule has 4 heteroatoms. The van der Waals surface area contributed by atoms with Crippen LogP contribution in [0, 0.1) is 0 Å². The van der Waals surface area contributed by atoms with Crippen molar-refractivity contribution < 1.29 is 13.9 Å². The normalized spacial score (nSPS) is 11.9. The average Bonchev–Trinajstić information content (AvgIpc) is 2.27. The number of hydrogen-bond donors (Lipinski definition) is 0. The number of esters is 1. The molecule has 0 aliphatic heterocycles. The van der Waals surface area contributed by atoms with E-state index >= 15 is 0 Å². The van der Waals surface area contributed by atoms with E-state index in [1.165, 1.54) is 19.2 Å². The second-order valence-electron chi connectivity index (χ2n) is 2.93. The fourth-order valence-electron chi connectivity index (χ4n) is 1.07. The predicted molar refractivity (Wildman–Crippen MR) is 56.5 cm³/mol. The highest BCUT2D eigenvalue weighted by Crippen LogP contribution is 2.26. The molecule has 0 saturated heterocycles. The second kappa shape index (κ2) is 4.94. The third kappa shape index (κ3) is 2.80. The summed E-state index contributed by atoms with van der Waals surface area (Å²) in [7, 11) is 1.18. The molecule has 1 rings (SSSR count). The Morgan fingerprint density at radius 1 is 1.47 bits per heavy atom. The molecule has 0 N–H and O–H groups in total. The van der Waals surface area contributed by atoms with Gasteiger partial charge in [0, 0.05) is 5.02 Å². The molecule has 0 aliphatic rings. The van der Waals surface area contributed by atoms with Gasteiger partial charge in [-0.3, -0.25) is 0 Å². The maximum atomic E-state index is 13.7. The Balaban J connectivity index is 2.85. The fourth-order valence-corrected chi connectivity index (χ4v) is 1.19. The lowest BCUT2D eigenvalue weighted by atomic mass is 10.0. The molecule has 2 nitrogen and oxygen atoms in total. The van der Waals surface area contributed by atoms with Crippen LogP contribution in [0.25, 0.3) is 0 Å². The predicted octanol–water partition coefficient (Wildman–Crippen LogP) is 3.08. The molecule has 1 unspecified atom stereocenters. The van der Waals surface area contributed by atoms with Gasteiger partial charge in [-0.1, -0.05) is 30.3 Å². The molecule has 1 aromatic rings. The number of benzene rings is 1. The standard InChI is InChI=1S/C11H10ClFO2/c1-7(11(14)15-2)10(13)8-3-5-9(12)6-4-8/h3-6,10H,1H2,2H3. The number of rotatable bonds is 3. The monoisotopic (exact) mass is 228 g/mol. The third-order valence-corrected chi connectivity index (χ3v) is 2.17. The van der Waals surface area contributed by atoms with Gasteiger partial charge >= 0.3 is 5.97 Å². The molecule has 0 aromatic heterocycles. The van der Waals surface area contributed by atoms with Gasteiger partial charge in [0.25, 0.3) is 0 Å². The number of carbonyl (C=O) groups is 1. The van der Waals surface area contributed by atoms with Gasteiger partial charge in [-0.15, -0.1) is 0 Å². The van der Waals surface area contributed by atoms with Crippen LogP contribution in [0.5, 0.6) is 0 Å². The van der Waals surface area contributed by atoms with Crippen molar-refractivity contribution in [1.29, 1.82) is 0 Å². The fraction of sp³-hybridized carbons (Fsp3) is 0.182. The minimum atomic E-state index is -1.56. The van der Waals surface area contributed by atoms with E-state index in [4.69, 9.17) is 11.6 Å². The number of hydrogen-bond acceptors (Lipinski definition) is 2. The molecular weight excluding hydrogens is 219 g/mol. The Labute approximate surface area is 92.3 Å². The Morgan fingerprint density at radius 2 is 2.00 bits per heavy atom. The van der Waals surface area contributed by atoms with Gasteiger partial charge in [-0.05, 0) is 17.7 Å². The van der Waals surface area contributed by atoms with E-state index < -0.39 is 12.1 Å². The van der Waals surface area contributed by atoms with Crippen LogP contribution in [0.2, 0.25) is 5.02 Å². The molecule has 80 valence electrons. The highest BCUT2D eigenvalue weighted by Gasteiger charge is 2.20. The summed E-state index contributed by atoms with van der Waals surface area (Å²) in [5, 5.41) is 0.509. The van der Waals surface area contributed by atoms with Crippen LogP contribution in [0.15, 0.2) is 36.4 Å². The summed E-state index contributed by atoms with van der Waals surface area (Å²) >= 11 is 5.65. The van der Waals surface area contributed by atoms with Gasteiger partial charge in [0.1, 0.15) is 0 Å². The lowest BCUT2D eigenvalue weighted by Gasteiger charge is -2.09. The van der Waals surface area contributed by atoms with Crippen molar-refractivity contribution in [1.82, 2.24) is 0 Å². The zero-order valence-electron chi connectivity index (χ0n) is 8.17. The van der Waals surface area contributed by atoms with Gasteiger partial charge in [-0.2, -0.15) is 0 Å². The quantitative estimate of drug-likeness (QED) is 0.587. The van der Waals surface area contributed by atoms with Crippen LogP contribution >= 0.6 is 11.6 Å². The van der Waals surface area contributed by atoms with E-state index in [1.54, 1.807) is 12.1 Å². The van der Waals surface area contributed by atoms with E-state index in [1.807, 2.05) is 0 Å². The van der Waals surface area contributed by atoms with Crippen LogP contribution in [-0.4, -0.2) is 13.1 Å². The van der Waals surface area contributed by atoms with Crippen molar-refractivity contribution in [2.45, 2.75) is 6.17 Å². The minimum Gasteiger partial charge on any atom is -0.466 e. The summed E-state index contributed by atoms with van der Waals surface area (Å²) in [5.41, 5.74) is 0.106. The highest BCUT2D eigenvalue weighted by molar-refractivity contribution is 6.30. The SMILES string of the molecule is C=C(C(=O)OC)C(F)c1ccc(Cl)cc1. The largest absolute Gasteiger partial charge is 0.466 e. The molecule has 0 fully saturated rings. The van der Waals surface area contributed by atoms with Crippen molar-refractivity contribution in [3.63, 3.8) is 0 Å². The van der Waals surface area contributed by atoms with Crippen molar-refractivity contribution in [2.24, 2.45) is 0 Å². The van der Waals surface area contributed by atoms with Gasteiger partial charge in [-0.25, -0.2) is 9.18 Å². The summed E-state index contributed by atoms with van der Waals surface area (Å²) in [6.45, 7) is 3.34. The summed E-state index contributed by atoms with van der Waals surface area (Å²) in [4.78, 5) is 11.0. The molecule has 0 aliphatic carbocycles. The second-order valence-corrected chi connectivity index (χ2v) is 3.37. The smallest absolute Gasteiger partial charge is 0.336 e. The first-order chi connectivity index (χ1) is 7.06. The molecule has 15 heavy (non-hydrogen) atoms. The molecule has 0 spiro atoms. The average molecular weight is 229 g/mol. The summed E-state index contributed by atoms with van der Waals surface area (Å²) in [5.74, 6) is -0.752. The molecule has 0 radical (unpaired) electrons. The topological polar surface area (TPSA) is 26.3 Å². The van der Waals surface area contributed by atoms with Gasteiger partial charge in [0.05, 0.1) is 12.7 Å². The molecule has 0 heterocycles. The van der Waals surface area contributed by atoms with E-state index in [-0.39, 0.29) is 5.57 Å². The van der Waals surface area contributed by atoms with E-state index in [9.17, 15) is 9.18 Å². The maximum absolute atomic E-state index is 13.7. The molecule has 1 atom stereocenters. The summed E-state index contributed by atoms with van der Waals surface area (Å²) in [6, 6.07) is 6.10. The van der Waals surface area contributed by atoms with Gasteiger partial charge in [0.15, 0.2) is 6.17 Å². The Kier molecular flexibility index (Phi) is 3.86. The van der Waals surface area contributed by atoms with Crippen molar-refractivity contribution >= 4 is 17.6 Å². The molecule has 0 amide bonds. The molecule has 0 bridgehead atoms. The van der Waals surface area contributed by atoms with Crippen LogP contribution in [0.3, 0.4) is 0 Å². The molecule has 1 aromatic carbocycles. The first-order valence-electron chi connectivity index (χ1n) is 4.23. The van der Waals surface area contributed by atoms with Gasteiger partial charge in [0.2, 0.25) is 0 Å². The Bertz CT molecular complexity index is 373. The van der Waals surface area contributed by atoms with E-state index in [2.05, 4.69) is 11.3 Å². The first kappa shape index (κ1) is 11.7. The van der Waals surface area contributed by atoms with Crippen LogP contribution in [0.4, 0.5) is 4.39 Å². The summed E-state index contributed by atoms with van der Waals surface area (Å²) < 4.78 is 18.0. The molecule has 0 saturated carbocycles. The summed E-state index contributed by atoms with van der Waals surface area (Å²) in [6.07, 6.45) is -1.56.